The van der Waals surface area contributed by atoms with Gasteiger partial charge < -0.3 is 15.2 Å². The molecule has 0 aliphatic carbocycles. The predicted molar refractivity (Wildman–Crippen MR) is 132 cm³/mol. The van der Waals surface area contributed by atoms with E-state index in [-0.39, 0.29) is 11.8 Å². The van der Waals surface area contributed by atoms with Crippen LogP contribution in [0.4, 0.5) is 5.82 Å². The van der Waals surface area contributed by atoms with Crippen molar-refractivity contribution in [3.8, 4) is 11.3 Å². The number of H-pyrrole nitrogens is 1. The van der Waals surface area contributed by atoms with Crippen LogP contribution < -0.4 is 10.2 Å². The second-order valence-electron chi connectivity index (χ2n) is 8.45. The Balaban J connectivity index is 1.11. The molecule has 0 unspecified atom stereocenters. The molecule has 2 N–H and O–H groups in total. The SMILES string of the molecule is O=C(NCCc1c[nH]c2ccccc12)C1CCN(c2ccc(-c3ccc(Cl)cc3)nn2)CC1. The molecule has 5 rings (SSSR count). The minimum absolute atomic E-state index is 0.0468. The zero-order chi connectivity index (χ0) is 22.6. The number of hydrogen-bond donors (Lipinski definition) is 2. The number of nitrogens with zero attached hydrogens (tertiary/aromatic N) is 3. The van der Waals surface area contributed by atoms with E-state index in [9.17, 15) is 4.79 Å². The number of anilines is 1. The molecule has 2 aromatic heterocycles. The third kappa shape index (κ3) is 4.86. The number of benzene rings is 2. The van der Waals surface area contributed by atoms with Crippen molar-refractivity contribution in [2.45, 2.75) is 19.3 Å². The number of fused-ring (bicyclic) bond motifs is 1. The maximum absolute atomic E-state index is 12.7. The standard InChI is InChI=1S/C26H26ClN5O/c27-21-7-5-18(6-8-21)23-9-10-25(31-30-23)32-15-12-19(13-16-32)26(33)28-14-11-20-17-29-24-4-2-1-3-22(20)24/h1-10,17,19,29H,11-16H2,(H,28,33). The van der Waals surface area contributed by atoms with Crippen LogP contribution in [0.1, 0.15) is 18.4 Å². The molecule has 6 nitrogen and oxygen atoms in total. The molecule has 0 spiro atoms. The number of halogens is 1. The Labute approximate surface area is 198 Å². The lowest BCUT2D eigenvalue weighted by Gasteiger charge is -2.31. The highest BCUT2D eigenvalue weighted by Crippen LogP contribution is 2.24. The molecule has 0 atom stereocenters. The first-order chi connectivity index (χ1) is 16.2. The Morgan fingerprint density at radius 1 is 1.03 bits per heavy atom. The summed E-state index contributed by atoms with van der Waals surface area (Å²) in [5.41, 5.74) is 4.18. The highest BCUT2D eigenvalue weighted by molar-refractivity contribution is 6.30. The predicted octanol–water partition coefficient (Wildman–Crippen LogP) is 4.85. The molecule has 0 radical (unpaired) electrons. The summed E-state index contributed by atoms with van der Waals surface area (Å²) in [7, 11) is 0. The van der Waals surface area contributed by atoms with Gasteiger partial charge in [-0.15, -0.1) is 10.2 Å². The Hall–Kier alpha value is -3.38. The number of carbonyl (C=O) groups excluding carboxylic acids is 1. The molecular formula is C26H26ClN5O. The quantitative estimate of drug-likeness (QED) is 0.432. The number of para-hydroxylation sites is 1. The van der Waals surface area contributed by atoms with E-state index in [1.165, 1.54) is 10.9 Å². The summed E-state index contributed by atoms with van der Waals surface area (Å²) < 4.78 is 0. The van der Waals surface area contributed by atoms with Gasteiger partial charge in [0.2, 0.25) is 5.91 Å². The zero-order valence-corrected chi connectivity index (χ0v) is 19.1. The van der Waals surface area contributed by atoms with Crippen LogP contribution in [-0.2, 0) is 11.2 Å². The van der Waals surface area contributed by atoms with Crippen LogP contribution in [0.25, 0.3) is 22.2 Å². The minimum atomic E-state index is 0.0468. The molecule has 1 amide bonds. The van der Waals surface area contributed by atoms with Crippen LogP contribution in [-0.4, -0.2) is 40.7 Å². The monoisotopic (exact) mass is 459 g/mol. The van der Waals surface area contributed by atoms with Crippen LogP contribution in [0.5, 0.6) is 0 Å². The molecule has 3 heterocycles. The van der Waals surface area contributed by atoms with Gasteiger partial charge in [-0.25, -0.2) is 0 Å². The number of aromatic amines is 1. The van der Waals surface area contributed by atoms with E-state index >= 15 is 0 Å². The fraction of sp³-hybridized carbons (Fsp3) is 0.269. The number of piperidine rings is 1. The average molecular weight is 460 g/mol. The van der Waals surface area contributed by atoms with Gasteiger partial charge in [0.1, 0.15) is 0 Å². The first-order valence-corrected chi connectivity index (χ1v) is 11.7. The van der Waals surface area contributed by atoms with Gasteiger partial charge in [0, 0.05) is 53.2 Å². The van der Waals surface area contributed by atoms with Crippen LogP contribution in [0, 0.1) is 5.92 Å². The minimum Gasteiger partial charge on any atom is -0.361 e. The smallest absolute Gasteiger partial charge is 0.223 e. The third-order valence-electron chi connectivity index (χ3n) is 6.35. The first-order valence-electron chi connectivity index (χ1n) is 11.3. The number of carbonyl (C=O) groups is 1. The van der Waals surface area contributed by atoms with Crippen LogP contribution in [0.2, 0.25) is 5.02 Å². The van der Waals surface area contributed by atoms with Crippen molar-refractivity contribution in [1.29, 1.82) is 0 Å². The van der Waals surface area contributed by atoms with Gasteiger partial charge in [-0.1, -0.05) is 41.9 Å². The number of rotatable bonds is 6. The van der Waals surface area contributed by atoms with E-state index in [4.69, 9.17) is 11.6 Å². The Morgan fingerprint density at radius 3 is 2.58 bits per heavy atom. The molecule has 4 aromatic rings. The maximum atomic E-state index is 12.7. The normalized spacial score (nSPS) is 14.5. The fourth-order valence-electron chi connectivity index (χ4n) is 4.44. The van der Waals surface area contributed by atoms with Gasteiger partial charge in [0.25, 0.3) is 0 Å². The number of nitrogens with one attached hydrogen (secondary N) is 2. The van der Waals surface area contributed by atoms with Gasteiger partial charge in [-0.05, 0) is 55.2 Å². The van der Waals surface area contributed by atoms with Gasteiger partial charge in [0.05, 0.1) is 5.69 Å². The summed E-state index contributed by atoms with van der Waals surface area (Å²) in [6, 6.07) is 19.8. The zero-order valence-electron chi connectivity index (χ0n) is 18.3. The molecule has 1 aliphatic heterocycles. The van der Waals surface area contributed by atoms with E-state index < -0.39 is 0 Å². The summed E-state index contributed by atoms with van der Waals surface area (Å²) in [4.78, 5) is 18.2. The molecule has 0 bridgehead atoms. The van der Waals surface area contributed by atoms with E-state index in [0.717, 1.165) is 54.9 Å². The number of aromatic nitrogens is 3. The molecule has 1 aliphatic rings. The second-order valence-corrected chi connectivity index (χ2v) is 8.88. The third-order valence-corrected chi connectivity index (χ3v) is 6.60. The molecule has 168 valence electrons. The van der Waals surface area contributed by atoms with Gasteiger partial charge in [0.15, 0.2) is 5.82 Å². The van der Waals surface area contributed by atoms with Crippen molar-refractivity contribution in [2.75, 3.05) is 24.5 Å². The Morgan fingerprint density at radius 2 is 1.82 bits per heavy atom. The largest absolute Gasteiger partial charge is 0.361 e. The molecule has 33 heavy (non-hydrogen) atoms. The fourth-order valence-corrected chi connectivity index (χ4v) is 4.57. The van der Waals surface area contributed by atoms with Crippen molar-refractivity contribution < 1.29 is 4.79 Å². The summed E-state index contributed by atoms with van der Waals surface area (Å²) in [5, 5.41) is 13.8. The van der Waals surface area contributed by atoms with E-state index in [1.807, 2.05) is 54.7 Å². The molecule has 7 heteroatoms. The van der Waals surface area contributed by atoms with Crippen molar-refractivity contribution in [3.63, 3.8) is 0 Å². The van der Waals surface area contributed by atoms with Crippen LogP contribution in [0.15, 0.2) is 66.9 Å². The Bertz CT molecular complexity index is 1230. The van der Waals surface area contributed by atoms with Crippen molar-refractivity contribution >= 4 is 34.2 Å². The van der Waals surface area contributed by atoms with Crippen LogP contribution in [0.3, 0.4) is 0 Å². The van der Waals surface area contributed by atoms with Crippen molar-refractivity contribution in [1.82, 2.24) is 20.5 Å². The summed E-state index contributed by atoms with van der Waals surface area (Å²) in [6.45, 7) is 2.25. The topological polar surface area (TPSA) is 73.9 Å². The summed E-state index contributed by atoms with van der Waals surface area (Å²) in [6.07, 6.45) is 4.50. The van der Waals surface area contributed by atoms with Gasteiger partial charge in [-0.3, -0.25) is 4.79 Å². The lowest BCUT2D eigenvalue weighted by molar-refractivity contribution is -0.125. The highest BCUT2D eigenvalue weighted by Gasteiger charge is 2.25. The Kier molecular flexibility index (Phi) is 6.26. The van der Waals surface area contributed by atoms with Crippen molar-refractivity contribution in [3.05, 3.63) is 77.4 Å². The number of amides is 1. The second kappa shape index (κ2) is 9.63. The van der Waals surface area contributed by atoms with E-state index in [2.05, 4.69) is 37.5 Å². The lowest BCUT2D eigenvalue weighted by atomic mass is 9.96. The van der Waals surface area contributed by atoms with Crippen molar-refractivity contribution in [2.24, 2.45) is 5.92 Å². The van der Waals surface area contributed by atoms with E-state index in [0.29, 0.717) is 11.6 Å². The molecular weight excluding hydrogens is 434 g/mol. The maximum Gasteiger partial charge on any atom is 0.223 e. The molecule has 0 saturated carbocycles. The first kappa shape index (κ1) is 21.5. The molecule has 1 fully saturated rings. The van der Waals surface area contributed by atoms with Crippen LogP contribution >= 0.6 is 11.6 Å². The van der Waals surface area contributed by atoms with E-state index in [1.54, 1.807) is 0 Å². The number of hydrogen-bond acceptors (Lipinski definition) is 4. The highest BCUT2D eigenvalue weighted by atomic mass is 35.5. The summed E-state index contributed by atoms with van der Waals surface area (Å²) in [5.74, 6) is 1.05. The molecule has 2 aromatic carbocycles. The van der Waals surface area contributed by atoms with Gasteiger partial charge >= 0.3 is 0 Å². The summed E-state index contributed by atoms with van der Waals surface area (Å²) >= 11 is 5.96. The van der Waals surface area contributed by atoms with Gasteiger partial charge in [-0.2, -0.15) is 0 Å². The lowest BCUT2D eigenvalue weighted by Crippen LogP contribution is -2.41. The average Bonchev–Trinajstić information content (AvgIpc) is 3.28. The molecule has 1 saturated heterocycles.